The van der Waals surface area contributed by atoms with Crippen LogP contribution < -0.4 is 5.32 Å². The summed E-state index contributed by atoms with van der Waals surface area (Å²) in [6.45, 7) is 2.74. The minimum absolute atomic E-state index is 0.0794. The zero-order valence-electron chi connectivity index (χ0n) is 19.0. The summed E-state index contributed by atoms with van der Waals surface area (Å²) in [6, 6.07) is 24.7. The Labute approximate surface area is 219 Å². The number of carbonyl (C=O) groups is 2. The Morgan fingerprint density at radius 3 is 2.41 bits per heavy atom. The van der Waals surface area contributed by atoms with E-state index in [0.717, 1.165) is 21.2 Å². The van der Waals surface area contributed by atoms with Gasteiger partial charge in [0.2, 0.25) is 11.8 Å². The lowest BCUT2D eigenvalue weighted by atomic mass is 10.0. The van der Waals surface area contributed by atoms with Crippen molar-refractivity contribution in [1.82, 2.24) is 10.2 Å². The fraction of sp³-hybridized carbons (Fsp3) is 0.259. The number of hydrogen-bond donors (Lipinski definition) is 1. The van der Waals surface area contributed by atoms with Gasteiger partial charge in [-0.1, -0.05) is 88.2 Å². The number of hydrogen-bond acceptors (Lipinski definition) is 3. The van der Waals surface area contributed by atoms with Crippen LogP contribution in [0.5, 0.6) is 0 Å². The van der Waals surface area contributed by atoms with Crippen LogP contribution in [-0.4, -0.2) is 35.1 Å². The fourth-order valence-electron chi connectivity index (χ4n) is 3.62. The normalized spacial score (nSPS) is 11.6. The Kier molecular flexibility index (Phi) is 10.5. The second-order valence-electron chi connectivity index (χ2n) is 7.84. The van der Waals surface area contributed by atoms with Crippen LogP contribution in [0.1, 0.15) is 23.6 Å². The largest absolute Gasteiger partial charge is 0.355 e. The van der Waals surface area contributed by atoms with Crippen molar-refractivity contribution in [2.75, 3.05) is 12.3 Å². The van der Waals surface area contributed by atoms with E-state index in [0.29, 0.717) is 30.3 Å². The van der Waals surface area contributed by atoms with E-state index in [-0.39, 0.29) is 17.6 Å². The fourth-order valence-corrected chi connectivity index (χ4v) is 5.27. The maximum atomic E-state index is 13.5. The molecular formula is C27H28BrClN2O2S. The molecule has 0 unspecified atom stereocenters. The molecule has 2 amide bonds. The summed E-state index contributed by atoms with van der Waals surface area (Å²) in [5.74, 6) is 0.653. The number of thioether (sulfide) groups is 1. The van der Waals surface area contributed by atoms with E-state index in [4.69, 9.17) is 11.6 Å². The SMILES string of the molecule is CCNC(=O)[C@@H](Cc1ccccc1)N(Cc1cccc(Br)c1)C(=O)CSCc1ccccc1Cl. The lowest BCUT2D eigenvalue weighted by Gasteiger charge is -2.31. The predicted molar refractivity (Wildman–Crippen MR) is 145 cm³/mol. The number of halogens is 2. The molecule has 0 saturated carbocycles. The van der Waals surface area contributed by atoms with Gasteiger partial charge in [-0.15, -0.1) is 11.8 Å². The third-order valence-corrected chi connectivity index (χ3v) is 7.13. The van der Waals surface area contributed by atoms with Gasteiger partial charge in [0, 0.05) is 34.8 Å². The molecule has 3 aromatic carbocycles. The first-order valence-corrected chi connectivity index (χ1v) is 13.5. The van der Waals surface area contributed by atoms with Crippen LogP contribution in [0.4, 0.5) is 0 Å². The number of benzene rings is 3. The van der Waals surface area contributed by atoms with E-state index in [2.05, 4.69) is 21.2 Å². The van der Waals surface area contributed by atoms with Crippen molar-refractivity contribution in [1.29, 1.82) is 0 Å². The van der Waals surface area contributed by atoms with Crippen LogP contribution in [0.25, 0.3) is 0 Å². The molecule has 3 rings (SSSR count). The summed E-state index contributed by atoms with van der Waals surface area (Å²) < 4.78 is 0.933. The second-order valence-corrected chi connectivity index (χ2v) is 10.1. The molecule has 4 nitrogen and oxygen atoms in total. The molecule has 1 N–H and O–H groups in total. The summed E-state index contributed by atoms with van der Waals surface area (Å²) in [7, 11) is 0. The van der Waals surface area contributed by atoms with Crippen molar-refractivity contribution in [2.45, 2.75) is 31.7 Å². The third kappa shape index (κ3) is 7.90. The summed E-state index contributed by atoms with van der Waals surface area (Å²) >= 11 is 11.3. The highest BCUT2D eigenvalue weighted by Gasteiger charge is 2.30. The van der Waals surface area contributed by atoms with Crippen LogP contribution in [0.3, 0.4) is 0 Å². The van der Waals surface area contributed by atoms with Crippen LogP contribution in [0, 0.1) is 0 Å². The van der Waals surface area contributed by atoms with Gasteiger partial charge in [0.25, 0.3) is 0 Å². The van der Waals surface area contributed by atoms with Crippen molar-refractivity contribution in [2.24, 2.45) is 0 Å². The molecule has 178 valence electrons. The van der Waals surface area contributed by atoms with Gasteiger partial charge >= 0.3 is 0 Å². The molecule has 0 fully saturated rings. The summed E-state index contributed by atoms with van der Waals surface area (Å²) in [4.78, 5) is 28.4. The van der Waals surface area contributed by atoms with Crippen molar-refractivity contribution in [3.63, 3.8) is 0 Å². The van der Waals surface area contributed by atoms with Crippen LogP contribution in [0.2, 0.25) is 5.02 Å². The van der Waals surface area contributed by atoms with E-state index in [9.17, 15) is 9.59 Å². The average molecular weight is 560 g/mol. The Bertz CT molecular complexity index is 1100. The number of nitrogens with zero attached hydrogens (tertiary/aromatic N) is 1. The number of carbonyl (C=O) groups excluding carboxylic acids is 2. The van der Waals surface area contributed by atoms with Gasteiger partial charge in [-0.2, -0.15) is 0 Å². The summed E-state index contributed by atoms with van der Waals surface area (Å²) in [6.07, 6.45) is 0.446. The molecule has 0 heterocycles. The van der Waals surface area contributed by atoms with Gasteiger partial charge in [-0.05, 0) is 41.8 Å². The third-order valence-electron chi connectivity index (χ3n) is 5.30. The van der Waals surface area contributed by atoms with Crippen LogP contribution >= 0.6 is 39.3 Å². The minimum Gasteiger partial charge on any atom is -0.355 e. The molecule has 0 aliphatic carbocycles. The average Bonchev–Trinajstić information content (AvgIpc) is 2.83. The van der Waals surface area contributed by atoms with E-state index >= 15 is 0 Å². The topological polar surface area (TPSA) is 49.4 Å². The molecule has 7 heteroatoms. The van der Waals surface area contributed by atoms with Gasteiger partial charge in [0.05, 0.1) is 5.75 Å². The molecule has 0 spiro atoms. The highest BCUT2D eigenvalue weighted by atomic mass is 79.9. The Balaban J connectivity index is 1.83. The lowest BCUT2D eigenvalue weighted by Crippen LogP contribution is -2.51. The van der Waals surface area contributed by atoms with Gasteiger partial charge in [0.15, 0.2) is 0 Å². The van der Waals surface area contributed by atoms with Crippen molar-refractivity contribution in [3.8, 4) is 0 Å². The van der Waals surface area contributed by atoms with Gasteiger partial charge < -0.3 is 10.2 Å². The maximum Gasteiger partial charge on any atom is 0.243 e. The molecule has 0 aromatic heterocycles. The first-order chi connectivity index (χ1) is 16.5. The van der Waals surface area contributed by atoms with Gasteiger partial charge in [-0.3, -0.25) is 9.59 Å². The van der Waals surface area contributed by atoms with E-state index < -0.39 is 6.04 Å². The Morgan fingerprint density at radius 2 is 1.71 bits per heavy atom. The molecule has 0 aliphatic heterocycles. The number of amides is 2. The highest BCUT2D eigenvalue weighted by Crippen LogP contribution is 2.23. The first-order valence-electron chi connectivity index (χ1n) is 11.1. The van der Waals surface area contributed by atoms with Crippen LogP contribution in [0.15, 0.2) is 83.3 Å². The molecule has 0 aliphatic rings. The predicted octanol–water partition coefficient (Wildman–Crippen LogP) is 6.11. The van der Waals surface area contributed by atoms with E-state index in [1.807, 2.05) is 85.8 Å². The highest BCUT2D eigenvalue weighted by molar-refractivity contribution is 9.10. The molecule has 3 aromatic rings. The molecule has 34 heavy (non-hydrogen) atoms. The molecule has 0 radical (unpaired) electrons. The second kappa shape index (κ2) is 13.6. The van der Waals surface area contributed by atoms with Gasteiger partial charge in [-0.25, -0.2) is 0 Å². The standard InChI is InChI=1S/C27H28BrClN2O2S/c1-2-30-27(33)25(16-20-9-4-3-5-10-20)31(17-21-11-8-13-23(28)15-21)26(32)19-34-18-22-12-6-7-14-24(22)29/h3-15,25H,2,16-19H2,1H3,(H,30,33)/t25-/m1/s1. The quantitative estimate of drug-likeness (QED) is 0.308. The number of likely N-dealkylation sites (N-methyl/N-ethyl adjacent to an activating group) is 1. The van der Waals surface area contributed by atoms with Crippen LogP contribution in [-0.2, 0) is 28.3 Å². The number of nitrogens with one attached hydrogen (secondary N) is 1. The summed E-state index contributed by atoms with van der Waals surface area (Å²) in [5, 5.41) is 3.61. The maximum absolute atomic E-state index is 13.5. The smallest absolute Gasteiger partial charge is 0.243 e. The first kappa shape index (κ1) is 26.3. The van der Waals surface area contributed by atoms with E-state index in [1.165, 1.54) is 11.8 Å². The molecule has 1 atom stereocenters. The zero-order valence-corrected chi connectivity index (χ0v) is 22.2. The van der Waals surface area contributed by atoms with Crippen molar-refractivity contribution >= 4 is 51.1 Å². The Hall–Kier alpha value is -2.28. The van der Waals surface area contributed by atoms with Crippen molar-refractivity contribution in [3.05, 3.63) is 105 Å². The zero-order chi connectivity index (χ0) is 24.3. The van der Waals surface area contributed by atoms with Crippen molar-refractivity contribution < 1.29 is 9.59 Å². The minimum atomic E-state index is -0.616. The monoisotopic (exact) mass is 558 g/mol. The molecule has 0 saturated heterocycles. The number of rotatable bonds is 11. The molecule has 0 bridgehead atoms. The Morgan fingerprint density at radius 1 is 1.00 bits per heavy atom. The molecular weight excluding hydrogens is 532 g/mol. The van der Waals surface area contributed by atoms with E-state index in [1.54, 1.807) is 4.90 Å². The summed E-state index contributed by atoms with van der Waals surface area (Å²) in [5.41, 5.74) is 2.96. The van der Waals surface area contributed by atoms with Gasteiger partial charge in [0.1, 0.15) is 6.04 Å². The lowest BCUT2D eigenvalue weighted by molar-refractivity contribution is -0.139.